The Hall–Kier alpha value is -0.600. The molecule has 2 unspecified atom stereocenters. The minimum absolute atomic E-state index is 0. The summed E-state index contributed by atoms with van der Waals surface area (Å²) in [4.78, 5) is 31.1. The Balaban J connectivity index is 0.00000140. The number of fused-ring (bicyclic) bond motifs is 2. The van der Waals surface area contributed by atoms with Gasteiger partial charge in [-0.1, -0.05) is 0 Å². The van der Waals surface area contributed by atoms with Gasteiger partial charge < -0.3 is 19.9 Å². The number of rotatable bonds is 4. The molecule has 162 valence electrons. The number of piperidine rings is 1. The maximum Gasteiger partial charge on any atom is 0.236 e. The third-order valence-corrected chi connectivity index (χ3v) is 6.48. The van der Waals surface area contributed by atoms with E-state index >= 15 is 0 Å². The summed E-state index contributed by atoms with van der Waals surface area (Å²) in [5.41, 5.74) is 0. The number of nitrogens with one attached hydrogen (secondary N) is 1. The average Bonchev–Trinajstić information content (AvgIpc) is 3.01. The van der Waals surface area contributed by atoms with Crippen LogP contribution in [0.2, 0.25) is 0 Å². The molecule has 0 radical (unpaired) electrons. The predicted molar refractivity (Wildman–Crippen MR) is 112 cm³/mol. The first-order chi connectivity index (χ1) is 12.7. The fraction of sp³-hybridized carbons (Fsp3) is 0.895. The SMILES string of the molecule is Cl.Cl.O=C(CC1CC2CCC(C1)N2)N1CCN(CC(=O)N2CCOCC2)CC1. The summed E-state index contributed by atoms with van der Waals surface area (Å²) < 4.78 is 5.30. The number of amides is 2. The van der Waals surface area contributed by atoms with E-state index in [1.165, 1.54) is 12.8 Å². The van der Waals surface area contributed by atoms with Gasteiger partial charge in [0, 0.05) is 57.8 Å². The van der Waals surface area contributed by atoms with E-state index in [4.69, 9.17) is 4.74 Å². The summed E-state index contributed by atoms with van der Waals surface area (Å²) in [6.07, 6.45) is 5.60. The number of nitrogens with zero attached hydrogens (tertiary/aromatic N) is 3. The monoisotopic (exact) mass is 436 g/mol. The van der Waals surface area contributed by atoms with Gasteiger partial charge in [-0.25, -0.2) is 0 Å². The molecule has 4 saturated heterocycles. The van der Waals surface area contributed by atoms with Crippen LogP contribution in [0.1, 0.15) is 32.1 Å². The summed E-state index contributed by atoms with van der Waals surface area (Å²) >= 11 is 0. The van der Waals surface area contributed by atoms with E-state index < -0.39 is 0 Å². The molecule has 2 bridgehead atoms. The number of ether oxygens (including phenoxy) is 1. The van der Waals surface area contributed by atoms with Gasteiger partial charge in [-0.15, -0.1) is 24.8 Å². The van der Waals surface area contributed by atoms with Crippen molar-refractivity contribution < 1.29 is 14.3 Å². The highest BCUT2D eigenvalue weighted by molar-refractivity contribution is 5.85. The van der Waals surface area contributed by atoms with Crippen LogP contribution in [0.5, 0.6) is 0 Å². The van der Waals surface area contributed by atoms with E-state index in [0.717, 1.165) is 39.0 Å². The molecule has 2 amide bonds. The molecule has 4 aliphatic rings. The molecule has 7 nitrogen and oxygen atoms in total. The molecular formula is C19H34Cl2N4O3. The standard InChI is InChI=1S/C19H32N4O3.2ClH/c24-18(13-15-11-16-1-2-17(12-15)20-16)22-5-3-21(4-6-22)14-19(25)23-7-9-26-10-8-23;;/h15-17,20H,1-14H2;2*1H. The van der Waals surface area contributed by atoms with Crippen LogP contribution in [0.3, 0.4) is 0 Å². The molecule has 4 rings (SSSR count). The molecule has 0 saturated carbocycles. The molecule has 4 aliphatic heterocycles. The lowest BCUT2D eigenvalue weighted by Crippen LogP contribution is -2.53. The van der Waals surface area contributed by atoms with E-state index in [0.29, 0.717) is 63.2 Å². The second-order valence-electron chi connectivity index (χ2n) is 8.33. The number of hydrogen-bond acceptors (Lipinski definition) is 5. The summed E-state index contributed by atoms with van der Waals surface area (Å²) in [6.45, 7) is 6.29. The first kappa shape index (κ1) is 23.7. The van der Waals surface area contributed by atoms with Gasteiger partial charge in [0.15, 0.2) is 0 Å². The molecule has 0 aliphatic carbocycles. The van der Waals surface area contributed by atoms with Crippen molar-refractivity contribution in [2.45, 2.75) is 44.2 Å². The molecule has 2 atom stereocenters. The van der Waals surface area contributed by atoms with Crippen LogP contribution in [0.25, 0.3) is 0 Å². The van der Waals surface area contributed by atoms with Gasteiger partial charge in [0.1, 0.15) is 0 Å². The second kappa shape index (κ2) is 11.0. The van der Waals surface area contributed by atoms with Crippen LogP contribution >= 0.6 is 24.8 Å². The van der Waals surface area contributed by atoms with Crippen LogP contribution in [0.4, 0.5) is 0 Å². The average molecular weight is 437 g/mol. The molecule has 4 heterocycles. The number of carbonyl (C=O) groups is 2. The van der Waals surface area contributed by atoms with Crippen LogP contribution in [0.15, 0.2) is 0 Å². The summed E-state index contributed by atoms with van der Waals surface area (Å²) in [6, 6.07) is 1.30. The summed E-state index contributed by atoms with van der Waals surface area (Å²) in [5.74, 6) is 1.07. The Morgan fingerprint density at radius 1 is 0.821 bits per heavy atom. The van der Waals surface area contributed by atoms with Crippen LogP contribution < -0.4 is 5.32 Å². The summed E-state index contributed by atoms with van der Waals surface area (Å²) in [7, 11) is 0. The Morgan fingerprint density at radius 3 is 2.00 bits per heavy atom. The van der Waals surface area contributed by atoms with Crippen LogP contribution in [-0.2, 0) is 14.3 Å². The van der Waals surface area contributed by atoms with E-state index in [1.54, 1.807) is 0 Å². The van der Waals surface area contributed by atoms with E-state index in [2.05, 4.69) is 10.2 Å². The molecule has 4 fully saturated rings. The highest BCUT2D eigenvalue weighted by Crippen LogP contribution is 2.33. The van der Waals surface area contributed by atoms with Crippen molar-refractivity contribution in [1.82, 2.24) is 20.0 Å². The number of hydrogen-bond donors (Lipinski definition) is 1. The first-order valence-electron chi connectivity index (χ1n) is 10.3. The molecule has 0 aromatic rings. The molecule has 28 heavy (non-hydrogen) atoms. The molecule has 9 heteroatoms. The predicted octanol–water partition coefficient (Wildman–Crippen LogP) is 0.754. The van der Waals surface area contributed by atoms with Crippen LogP contribution in [-0.4, -0.2) is 97.6 Å². The first-order valence-corrected chi connectivity index (χ1v) is 10.3. The van der Waals surface area contributed by atoms with Crippen molar-refractivity contribution >= 4 is 36.6 Å². The molecule has 0 spiro atoms. The van der Waals surface area contributed by atoms with E-state index in [1.807, 2.05) is 9.80 Å². The molecular weight excluding hydrogens is 403 g/mol. The molecule has 1 N–H and O–H groups in total. The van der Waals surface area contributed by atoms with Gasteiger partial charge in [-0.05, 0) is 31.6 Å². The van der Waals surface area contributed by atoms with Crippen LogP contribution in [0, 0.1) is 5.92 Å². The molecule has 0 aromatic heterocycles. The fourth-order valence-corrected chi connectivity index (χ4v) is 4.98. The number of carbonyl (C=O) groups excluding carboxylic acids is 2. The normalized spacial score (nSPS) is 30.4. The van der Waals surface area contributed by atoms with Gasteiger partial charge in [-0.3, -0.25) is 14.5 Å². The van der Waals surface area contributed by atoms with Gasteiger partial charge in [0.25, 0.3) is 0 Å². The van der Waals surface area contributed by atoms with E-state index in [9.17, 15) is 9.59 Å². The topological polar surface area (TPSA) is 65.1 Å². The zero-order chi connectivity index (χ0) is 17.9. The minimum atomic E-state index is 0. The van der Waals surface area contributed by atoms with Gasteiger partial charge >= 0.3 is 0 Å². The summed E-state index contributed by atoms with van der Waals surface area (Å²) in [5, 5.41) is 3.65. The number of piperazine rings is 1. The largest absolute Gasteiger partial charge is 0.378 e. The van der Waals surface area contributed by atoms with Gasteiger partial charge in [0.05, 0.1) is 19.8 Å². The van der Waals surface area contributed by atoms with Crippen molar-refractivity contribution in [3.05, 3.63) is 0 Å². The Labute approximate surface area is 180 Å². The zero-order valence-corrected chi connectivity index (χ0v) is 18.1. The van der Waals surface area contributed by atoms with Gasteiger partial charge in [0.2, 0.25) is 11.8 Å². The van der Waals surface area contributed by atoms with Crippen molar-refractivity contribution in [2.75, 3.05) is 59.0 Å². The van der Waals surface area contributed by atoms with Gasteiger partial charge in [-0.2, -0.15) is 0 Å². The van der Waals surface area contributed by atoms with Crippen molar-refractivity contribution in [3.63, 3.8) is 0 Å². The van der Waals surface area contributed by atoms with Crippen molar-refractivity contribution in [1.29, 1.82) is 0 Å². The number of halogens is 2. The fourth-order valence-electron chi connectivity index (χ4n) is 4.98. The highest BCUT2D eigenvalue weighted by atomic mass is 35.5. The third kappa shape index (κ3) is 5.95. The number of morpholine rings is 1. The maximum absolute atomic E-state index is 12.7. The lowest BCUT2D eigenvalue weighted by Gasteiger charge is -2.37. The second-order valence-corrected chi connectivity index (χ2v) is 8.33. The zero-order valence-electron chi connectivity index (χ0n) is 16.5. The lowest BCUT2D eigenvalue weighted by molar-refractivity contribution is -0.138. The Bertz CT molecular complexity index is 513. The lowest BCUT2D eigenvalue weighted by atomic mass is 9.89. The Morgan fingerprint density at radius 2 is 1.39 bits per heavy atom. The third-order valence-electron chi connectivity index (χ3n) is 6.48. The quantitative estimate of drug-likeness (QED) is 0.704. The molecule has 0 aromatic carbocycles. The van der Waals surface area contributed by atoms with Crippen molar-refractivity contribution in [3.8, 4) is 0 Å². The Kier molecular flexibility index (Phi) is 9.28. The smallest absolute Gasteiger partial charge is 0.236 e. The maximum atomic E-state index is 12.7. The highest BCUT2D eigenvalue weighted by Gasteiger charge is 2.35. The van der Waals surface area contributed by atoms with E-state index in [-0.39, 0.29) is 30.7 Å². The minimum Gasteiger partial charge on any atom is -0.378 e. The van der Waals surface area contributed by atoms with Crippen molar-refractivity contribution in [2.24, 2.45) is 5.92 Å².